The Labute approximate surface area is 197 Å². The van der Waals surface area contributed by atoms with Crippen LogP contribution in [0.1, 0.15) is 67.8 Å². The summed E-state index contributed by atoms with van der Waals surface area (Å²) in [5, 5.41) is 10.3. The van der Waals surface area contributed by atoms with Crippen LogP contribution in [0.3, 0.4) is 0 Å². The van der Waals surface area contributed by atoms with E-state index in [0.717, 1.165) is 60.6 Å². The van der Waals surface area contributed by atoms with E-state index in [4.69, 9.17) is 0 Å². The number of carbonyl (C=O) groups is 2. The smallest absolute Gasteiger partial charge is 0.254 e. The molecule has 4 saturated carbocycles. The Hall–Kier alpha value is -1.92. The van der Waals surface area contributed by atoms with Crippen LogP contribution in [0.2, 0.25) is 0 Å². The van der Waals surface area contributed by atoms with Crippen LogP contribution in [-0.2, 0) is 11.2 Å². The first-order chi connectivity index (χ1) is 16.0. The fourth-order valence-corrected chi connectivity index (χ4v) is 8.13. The molecule has 1 saturated heterocycles. The van der Waals surface area contributed by atoms with Gasteiger partial charge in [-0.3, -0.25) is 9.59 Å². The number of hydrogen-bond acceptors (Lipinski definition) is 4. The highest BCUT2D eigenvalue weighted by molar-refractivity contribution is 6.00. The lowest BCUT2D eigenvalue weighted by Crippen LogP contribution is -2.58. The third-order valence-electron chi connectivity index (χ3n) is 9.17. The molecule has 2 unspecified atom stereocenters. The lowest BCUT2D eigenvalue weighted by atomic mass is 9.49. The minimum Gasteiger partial charge on any atom is -0.337 e. The fourth-order valence-electron chi connectivity index (χ4n) is 8.13. The first-order valence-electron chi connectivity index (χ1n) is 13.1. The minimum atomic E-state index is 0.0915. The van der Waals surface area contributed by atoms with Crippen molar-refractivity contribution in [1.29, 1.82) is 0 Å². The van der Waals surface area contributed by atoms with E-state index in [1.54, 1.807) is 0 Å². The zero-order chi connectivity index (χ0) is 22.6. The van der Waals surface area contributed by atoms with Crippen molar-refractivity contribution in [3.8, 4) is 0 Å². The second-order valence-electron chi connectivity index (χ2n) is 11.9. The zero-order valence-corrected chi connectivity index (χ0v) is 19.9. The van der Waals surface area contributed by atoms with Crippen molar-refractivity contribution < 1.29 is 9.59 Å². The number of benzene rings is 1. The molecule has 4 aliphatic carbocycles. The highest BCUT2D eigenvalue weighted by Crippen LogP contribution is 2.61. The molecule has 6 aliphatic rings. The number of fused-ring (bicyclic) bond motifs is 1. The number of carbonyl (C=O) groups excluding carboxylic acids is 2. The van der Waals surface area contributed by atoms with Crippen molar-refractivity contribution in [2.45, 2.75) is 70.4 Å². The molecule has 1 aromatic carbocycles. The summed E-state index contributed by atoms with van der Waals surface area (Å²) >= 11 is 0. The summed E-state index contributed by atoms with van der Waals surface area (Å²) in [5.41, 5.74) is 2.85. The Morgan fingerprint density at radius 1 is 1.09 bits per heavy atom. The maximum atomic E-state index is 13.3. The van der Waals surface area contributed by atoms with Gasteiger partial charge in [0.1, 0.15) is 0 Å². The number of piperazine rings is 1. The average molecular weight is 451 g/mol. The van der Waals surface area contributed by atoms with Crippen LogP contribution in [0.15, 0.2) is 18.2 Å². The van der Waals surface area contributed by atoms with E-state index in [0.29, 0.717) is 19.0 Å². The van der Waals surface area contributed by atoms with Crippen molar-refractivity contribution in [2.24, 2.45) is 23.2 Å². The molecular weight excluding hydrogens is 412 g/mol. The van der Waals surface area contributed by atoms with Gasteiger partial charge in [0, 0.05) is 55.9 Å². The number of hydrogen-bond donors (Lipinski definition) is 3. The van der Waals surface area contributed by atoms with Gasteiger partial charge in [0.2, 0.25) is 5.91 Å². The van der Waals surface area contributed by atoms with Gasteiger partial charge in [-0.25, -0.2) is 0 Å². The topological polar surface area (TPSA) is 73.5 Å². The van der Waals surface area contributed by atoms with E-state index in [-0.39, 0.29) is 23.3 Å². The summed E-state index contributed by atoms with van der Waals surface area (Å²) in [5.74, 6) is 2.80. The van der Waals surface area contributed by atoms with Crippen LogP contribution in [0.25, 0.3) is 0 Å². The Morgan fingerprint density at radius 2 is 1.82 bits per heavy atom. The van der Waals surface area contributed by atoms with Crippen LogP contribution in [0.4, 0.5) is 5.69 Å². The van der Waals surface area contributed by atoms with Gasteiger partial charge in [-0.2, -0.15) is 0 Å². The summed E-state index contributed by atoms with van der Waals surface area (Å²) in [4.78, 5) is 28.4. The Morgan fingerprint density at radius 3 is 2.48 bits per heavy atom. The lowest BCUT2D eigenvalue weighted by molar-refractivity contribution is -0.124. The second kappa shape index (κ2) is 8.38. The highest BCUT2D eigenvalue weighted by Gasteiger charge is 2.51. The predicted octanol–water partition coefficient (Wildman–Crippen LogP) is 3.18. The first kappa shape index (κ1) is 21.6. The van der Waals surface area contributed by atoms with Crippen molar-refractivity contribution >= 4 is 17.5 Å². The van der Waals surface area contributed by atoms with Gasteiger partial charge in [-0.15, -0.1) is 0 Å². The Balaban J connectivity index is 1.12. The van der Waals surface area contributed by atoms with Crippen molar-refractivity contribution in [2.75, 3.05) is 31.5 Å². The van der Waals surface area contributed by atoms with Crippen LogP contribution >= 0.6 is 0 Å². The maximum Gasteiger partial charge on any atom is 0.254 e. The average Bonchev–Trinajstić information content (AvgIpc) is 2.76. The number of anilines is 1. The van der Waals surface area contributed by atoms with Gasteiger partial charge < -0.3 is 20.9 Å². The molecule has 6 heteroatoms. The summed E-state index contributed by atoms with van der Waals surface area (Å²) in [6, 6.07) is 6.59. The van der Waals surface area contributed by atoms with Crippen molar-refractivity contribution in [3.63, 3.8) is 0 Å². The molecule has 6 nitrogen and oxygen atoms in total. The molecule has 1 aromatic rings. The normalized spacial score (nSPS) is 37.2. The standard InChI is InChI=1S/C27H38N4O2/c1-17-14-29-21(15-28-17)16-31-6-5-22-23(26(31)33)3-2-4-24(22)30-25(32)13-27-10-18-7-19(11-27)9-20(8-18)12-27/h2-4,17-21,28-29H,5-16H2,1H3,(H,30,32). The minimum absolute atomic E-state index is 0.0915. The molecule has 33 heavy (non-hydrogen) atoms. The molecule has 2 atom stereocenters. The molecule has 2 aliphatic heterocycles. The molecule has 0 radical (unpaired) electrons. The van der Waals surface area contributed by atoms with Gasteiger partial charge in [-0.1, -0.05) is 6.07 Å². The van der Waals surface area contributed by atoms with E-state index in [1.807, 2.05) is 23.1 Å². The van der Waals surface area contributed by atoms with E-state index in [2.05, 4.69) is 22.9 Å². The fraction of sp³-hybridized carbons (Fsp3) is 0.704. The molecule has 0 spiro atoms. The number of rotatable bonds is 5. The van der Waals surface area contributed by atoms with E-state index >= 15 is 0 Å². The quantitative estimate of drug-likeness (QED) is 0.644. The number of nitrogens with zero attached hydrogens (tertiary/aromatic N) is 1. The predicted molar refractivity (Wildman–Crippen MR) is 129 cm³/mol. The Kier molecular flexibility index (Phi) is 5.49. The van der Waals surface area contributed by atoms with Crippen LogP contribution in [0.5, 0.6) is 0 Å². The van der Waals surface area contributed by atoms with Gasteiger partial charge in [0.05, 0.1) is 0 Å². The molecule has 2 amide bonds. The largest absolute Gasteiger partial charge is 0.337 e. The second-order valence-corrected chi connectivity index (χ2v) is 11.9. The van der Waals surface area contributed by atoms with Crippen molar-refractivity contribution in [3.05, 3.63) is 29.3 Å². The van der Waals surface area contributed by atoms with Crippen LogP contribution < -0.4 is 16.0 Å². The van der Waals surface area contributed by atoms with E-state index in [1.165, 1.54) is 38.5 Å². The maximum absolute atomic E-state index is 13.3. The molecular formula is C27H38N4O2. The van der Waals surface area contributed by atoms with Crippen molar-refractivity contribution in [1.82, 2.24) is 15.5 Å². The zero-order valence-electron chi connectivity index (χ0n) is 19.9. The number of nitrogens with one attached hydrogen (secondary N) is 3. The third-order valence-corrected chi connectivity index (χ3v) is 9.17. The molecule has 0 aromatic heterocycles. The molecule has 5 fully saturated rings. The third kappa shape index (κ3) is 4.21. The molecule has 178 valence electrons. The summed E-state index contributed by atoms with van der Waals surface area (Å²) in [6.07, 6.45) is 9.39. The SMILES string of the molecule is CC1CNC(CN2CCc3c(NC(=O)CC45CC6CC(CC(C6)C4)C5)cccc3C2=O)CN1. The van der Waals surface area contributed by atoms with Gasteiger partial charge in [-0.05, 0) is 92.7 Å². The molecule has 4 bridgehead atoms. The van der Waals surface area contributed by atoms with E-state index < -0.39 is 0 Å². The summed E-state index contributed by atoms with van der Waals surface area (Å²) in [6.45, 7) is 5.42. The van der Waals surface area contributed by atoms with Crippen LogP contribution in [-0.4, -0.2) is 55.0 Å². The summed E-state index contributed by atoms with van der Waals surface area (Å²) < 4.78 is 0. The molecule has 7 rings (SSSR count). The van der Waals surface area contributed by atoms with Gasteiger partial charge >= 0.3 is 0 Å². The monoisotopic (exact) mass is 450 g/mol. The molecule has 3 N–H and O–H groups in total. The Bertz CT molecular complexity index is 901. The lowest BCUT2D eigenvalue weighted by Gasteiger charge is -2.56. The van der Waals surface area contributed by atoms with Gasteiger partial charge in [0.15, 0.2) is 0 Å². The summed E-state index contributed by atoms with van der Waals surface area (Å²) in [7, 11) is 0. The van der Waals surface area contributed by atoms with Gasteiger partial charge in [0.25, 0.3) is 5.91 Å². The first-order valence-corrected chi connectivity index (χ1v) is 13.1. The molecule has 2 heterocycles. The van der Waals surface area contributed by atoms with E-state index in [9.17, 15) is 9.59 Å². The highest BCUT2D eigenvalue weighted by atomic mass is 16.2. The van der Waals surface area contributed by atoms with Crippen LogP contribution in [0, 0.1) is 23.2 Å². The number of amides is 2.